The Kier molecular flexibility index (Phi) is 5.45. The van der Waals surface area contributed by atoms with Crippen molar-refractivity contribution in [3.05, 3.63) is 94.9 Å². The first kappa shape index (κ1) is 19.6. The third-order valence-corrected chi connectivity index (χ3v) is 5.03. The number of carbonyl (C=O) groups is 3. The lowest BCUT2D eigenvalue weighted by Gasteiger charge is -2.13. The van der Waals surface area contributed by atoms with Crippen LogP contribution in [0.3, 0.4) is 0 Å². The van der Waals surface area contributed by atoms with Gasteiger partial charge in [-0.3, -0.25) is 19.3 Å². The molecule has 0 aliphatic carbocycles. The summed E-state index contributed by atoms with van der Waals surface area (Å²) in [6, 6.07) is 17.3. The molecule has 4 rings (SSSR count). The summed E-state index contributed by atoms with van der Waals surface area (Å²) in [5, 5.41) is 12.6. The van der Waals surface area contributed by atoms with Crippen molar-refractivity contribution in [2.75, 3.05) is 13.1 Å². The third-order valence-electron chi connectivity index (χ3n) is 5.03. The molecule has 2 heterocycles. The van der Waals surface area contributed by atoms with Gasteiger partial charge in [0.05, 0.1) is 23.9 Å². The summed E-state index contributed by atoms with van der Waals surface area (Å²) in [6.07, 6.45) is 1.02. The second kappa shape index (κ2) is 8.34. The number of fused-ring (bicyclic) bond motifs is 1. The van der Waals surface area contributed by atoms with Crippen molar-refractivity contribution in [1.29, 1.82) is 0 Å². The average Bonchev–Trinajstić information content (AvgIpc) is 3.39. The summed E-state index contributed by atoms with van der Waals surface area (Å²) in [5.41, 5.74) is 1.78. The van der Waals surface area contributed by atoms with E-state index < -0.39 is 17.9 Å². The van der Waals surface area contributed by atoms with E-state index in [0.717, 1.165) is 5.56 Å². The first-order valence-corrected chi connectivity index (χ1v) is 9.58. The molecular weight excluding hydrogens is 384 g/mol. The number of aliphatic hydroxyl groups excluding tert-OH is 1. The quantitative estimate of drug-likeness (QED) is 0.590. The molecule has 30 heavy (non-hydrogen) atoms. The first-order valence-electron chi connectivity index (χ1n) is 9.58. The van der Waals surface area contributed by atoms with Gasteiger partial charge in [0.2, 0.25) is 0 Å². The summed E-state index contributed by atoms with van der Waals surface area (Å²) in [4.78, 5) is 39.0. The fourth-order valence-electron chi connectivity index (χ4n) is 3.39. The molecule has 3 aromatic rings. The Morgan fingerprint density at radius 2 is 1.77 bits per heavy atom. The van der Waals surface area contributed by atoms with Crippen LogP contribution in [-0.4, -0.2) is 40.8 Å². The largest absolute Gasteiger partial charge is 0.467 e. The lowest BCUT2D eigenvalue weighted by Crippen LogP contribution is -2.31. The number of imide groups is 1. The van der Waals surface area contributed by atoms with Crippen LogP contribution in [0.25, 0.3) is 0 Å². The summed E-state index contributed by atoms with van der Waals surface area (Å²) < 4.78 is 5.10. The number of amides is 3. The maximum atomic E-state index is 12.7. The van der Waals surface area contributed by atoms with Crippen LogP contribution in [0.2, 0.25) is 0 Å². The van der Waals surface area contributed by atoms with E-state index in [2.05, 4.69) is 5.32 Å². The van der Waals surface area contributed by atoms with Gasteiger partial charge >= 0.3 is 0 Å². The zero-order chi connectivity index (χ0) is 21.1. The molecule has 0 spiro atoms. The molecule has 1 aliphatic heterocycles. The van der Waals surface area contributed by atoms with Gasteiger partial charge in [-0.2, -0.15) is 0 Å². The van der Waals surface area contributed by atoms with Gasteiger partial charge in [-0.25, -0.2) is 0 Å². The van der Waals surface area contributed by atoms with Gasteiger partial charge in [-0.1, -0.05) is 30.3 Å². The molecule has 0 fully saturated rings. The number of nitrogens with one attached hydrogen (secondary N) is 1. The SMILES string of the molecule is O=C(NCC(O)c1ccco1)c1ccc2c(c1)C(=O)N(CCc1ccccc1)C2=O. The minimum Gasteiger partial charge on any atom is -0.467 e. The zero-order valence-electron chi connectivity index (χ0n) is 16.1. The minimum absolute atomic E-state index is 0.0422. The van der Waals surface area contributed by atoms with Crippen molar-refractivity contribution >= 4 is 17.7 Å². The van der Waals surface area contributed by atoms with E-state index >= 15 is 0 Å². The fourth-order valence-corrected chi connectivity index (χ4v) is 3.39. The number of rotatable bonds is 7. The molecule has 0 saturated heterocycles. The van der Waals surface area contributed by atoms with Crippen molar-refractivity contribution in [2.45, 2.75) is 12.5 Å². The molecule has 0 radical (unpaired) electrons. The van der Waals surface area contributed by atoms with Crippen molar-refractivity contribution in [1.82, 2.24) is 10.2 Å². The molecule has 152 valence electrons. The standard InChI is InChI=1S/C23H20N2O5/c26-19(20-7-4-12-30-20)14-24-21(27)16-8-9-17-18(13-16)23(29)25(22(17)28)11-10-15-5-2-1-3-6-15/h1-9,12-13,19,26H,10-11,14H2,(H,24,27). The van der Waals surface area contributed by atoms with Crippen LogP contribution in [-0.2, 0) is 6.42 Å². The molecule has 2 N–H and O–H groups in total. The maximum Gasteiger partial charge on any atom is 0.261 e. The predicted molar refractivity (Wildman–Crippen MR) is 108 cm³/mol. The minimum atomic E-state index is -0.977. The average molecular weight is 404 g/mol. The number of hydrogen-bond acceptors (Lipinski definition) is 5. The molecule has 0 saturated carbocycles. The lowest BCUT2D eigenvalue weighted by molar-refractivity contribution is 0.0656. The Morgan fingerprint density at radius 3 is 2.50 bits per heavy atom. The number of aliphatic hydroxyl groups is 1. The summed E-state index contributed by atoms with van der Waals surface area (Å²) in [7, 11) is 0. The summed E-state index contributed by atoms with van der Waals surface area (Å²) >= 11 is 0. The number of hydrogen-bond donors (Lipinski definition) is 2. The molecular formula is C23H20N2O5. The van der Waals surface area contributed by atoms with Gasteiger partial charge in [0.1, 0.15) is 11.9 Å². The van der Waals surface area contributed by atoms with Gasteiger partial charge in [-0.05, 0) is 42.3 Å². The summed E-state index contributed by atoms with van der Waals surface area (Å²) in [5.74, 6) is -0.868. The van der Waals surface area contributed by atoms with Crippen molar-refractivity contribution in [3.63, 3.8) is 0 Å². The second-order valence-corrected chi connectivity index (χ2v) is 7.00. The molecule has 7 nitrogen and oxygen atoms in total. The number of carbonyl (C=O) groups excluding carboxylic acids is 3. The van der Waals surface area contributed by atoms with Crippen molar-refractivity contribution in [3.8, 4) is 0 Å². The van der Waals surface area contributed by atoms with Crippen LogP contribution in [0.5, 0.6) is 0 Å². The predicted octanol–water partition coefficient (Wildman–Crippen LogP) is 2.58. The zero-order valence-corrected chi connectivity index (χ0v) is 16.1. The van der Waals surface area contributed by atoms with Crippen LogP contribution in [0.15, 0.2) is 71.3 Å². The van der Waals surface area contributed by atoms with Crippen molar-refractivity contribution in [2.24, 2.45) is 0 Å². The Labute approximate surface area is 172 Å². The fraction of sp³-hybridized carbons (Fsp3) is 0.174. The molecule has 1 aliphatic rings. The molecule has 1 atom stereocenters. The Morgan fingerprint density at radius 1 is 1.00 bits per heavy atom. The molecule has 2 aromatic carbocycles. The highest BCUT2D eigenvalue weighted by molar-refractivity contribution is 6.22. The Balaban J connectivity index is 1.42. The monoisotopic (exact) mass is 404 g/mol. The highest BCUT2D eigenvalue weighted by Crippen LogP contribution is 2.24. The Hall–Kier alpha value is -3.71. The number of benzene rings is 2. The van der Waals surface area contributed by atoms with E-state index in [4.69, 9.17) is 4.42 Å². The van der Waals surface area contributed by atoms with Crippen LogP contribution in [0, 0.1) is 0 Å². The Bertz CT molecular complexity index is 1080. The van der Waals surface area contributed by atoms with E-state index in [9.17, 15) is 19.5 Å². The highest BCUT2D eigenvalue weighted by Gasteiger charge is 2.35. The molecule has 1 unspecified atom stereocenters. The van der Waals surface area contributed by atoms with Crippen molar-refractivity contribution < 1.29 is 23.9 Å². The second-order valence-electron chi connectivity index (χ2n) is 7.00. The topological polar surface area (TPSA) is 99.8 Å². The van der Waals surface area contributed by atoms with Crippen LogP contribution >= 0.6 is 0 Å². The summed E-state index contributed by atoms with van der Waals surface area (Å²) in [6.45, 7) is 0.229. The van der Waals surface area contributed by atoms with Gasteiger partial charge in [-0.15, -0.1) is 0 Å². The van der Waals surface area contributed by atoms with E-state index in [0.29, 0.717) is 17.7 Å². The van der Waals surface area contributed by atoms with E-state index in [1.165, 1.54) is 29.4 Å². The lowest BCUT2D eigenvalue weighted by atomic mass is 10.1. The molecule has 3 amide bonds. The van der Waals surface area contributed by atoms with Gasteiger partial charge in [0, 0.05) is 12.1 Å². The van der Waals surface area contributed by atoms with Crippen LogP contribution in [0.4, 0.5) is 0 Å². The van der Waals surface area contributed by atoms with Crippen LogP contribution < -0.4 is 5.32 Å². The van der Waals surface area contributed by atoms with Gasteiger partial charge < -0.3 is 14.8 Å². The maximum absolute atomic E-state index is 12.7. The van der Waals surface area contributed by atoms with E-state index in [-0.39, 0.29) is 30.1 Å². The van der Waals surface area contributed by atoms with Crippen LogP contribution in [0.1, 0.15) is 48.5 Å². The third kappa shape index (κ3) is 3.88. The molecule has 0 bridgehead atoms. The number of furan rings is 1. The number of nitrogens with zero attached hydrogens (tertiary/aromatic N) is 1. The smallest absolute Gasteiger partial charge is 0.261 e. The normalized spacial score (nSPS) is 14.0. The highest BCUT2D eigenvalue weighted by atomic mass is 16.4. The van der Waals surface area contributed by atoms with E-state index in [1.54, 1.807) is 12.1 Å². The molecule has 1 aromatic heterocycles. The van der Waals surface area contributed by atoms with Gasteiger partial charge in [0.15, 0.2) is 0 Å². The molecule has 7 heteroatoms. The first-order chi connectivity index (χ1) is 14.5. The van der Waals surface area contributed by atoms with E-state index in [1.807, 2.05) is 30.3 Å². The van der Waals surface area contributed by atoms with Gasteiger partial charge in [0.25, 0.3) is 17.7 Å².